The molecule has 1 saturated carbocycles. The van der Waals surface area contributed by atoms with E-state index in [4.69, 9.17) is 0 Å². The van der Waals surface area contributed by atoms with E-state index in [0.29, 0.717) is 31.8 Å². The molecule has 4 aliphatic rings. The fourth-order valence-corrected chi connectivity index (χ4v) is 8.26. The van der Waals surface area contributed by atoms with Crippen molar-refractivity contribution in [1.82, 2.24) is 10.2 Å². The topological polar surface area (TPSA) is 46.5 Å². The zero-order valence-electron chi connectivity index (χ0n) is 22.0. The van der Waals surface area contributed by atoms with Crippen LogP contribution in [0, 0.1) is 30.4 Å². The van der Waals surface area contributed by atoms with E-state index in [2.05, 4.69) is 34.3 Å². The normalized spacial score (nSPS) is 30.5. The summed E-state index contributed by atoms with van der Waals surface area (Å²) in [5, 5.41) is 3.59. The molecule has 2 aliphatic heterocycles. The molecule has 3 fully saturated rings. The van der Waals surface area contributed by atoms with Gasteiger partial charge in [-0.05, 0) is 68.6 Å². The maximum absolute atomic E-state index is 14.8. The number of H-pyrrole nitrogens is 1. The maximum Gasteiger partial charge on any atom is 0.228 e. The Kier molecular flexibility index (Phi) is 6.81. The number of fused-ring (bicyclic) bond motifs is 2. The smallest absolute Gasteiger partial charge is 0.228 e. The number of carbonyl (C=O) groups excluding carboxylic acids is 1. The van der Waals surface area contributed by atoms with Crippen molar-refractivity contribution < 1.29 is 18.6 Å². The van der Waals surface area contributed by atoms with Gasteiger partial charge in [0.15, 0.2) is 11.4 Å². The van der Waals surface area contributed by atoms with E-state index in [1.54, 1.807) is 0 Å². The molecule has 2 aromatic rings. The van der Waals surface area contributed by atoms with Crippen LogP contribution in [0.15, 0.2) is 30.3 Å². The standard InChI is InChI=1S/C31H39F2N3O/c1-20-12-13-23-27(35-20)11-6-15-31(23)19-34-18-24(31)30(37)36-16-14-22(29-25(32)9-5-10-26(29)33)17-28(36)21-7-3-2-4-8-21/h5,9-10,12-13,21-22,24,28,34H,2-4,6-8,11,14-19H2,1H3/p+1/t22-,24+,28+,31+/m1/s1. The molecule has 0 unspecified atom stereocenters. The Morgan fingerprint density at radius 1 is 1.05 bits per heavy atom. The molecule has 0 radical (unpaired) electrons. The highest BCUT2D eigenvalue weighted by Crippen LogP contribution is 2.47. The molecule has 198 valence electrons. The number of aryl methyl sites for hydroxylation is 2. The van der Waals surface area contributed by atoms with Crippen LogP contribution in [0.2, 0.25) is 0 Å². The third-order valence-electron chi connectivity index (χ3n) is 10.0. The summed E-state index contributed by atoms with van der Waals surface area (Å²) in [6.07, 6.45) is 10.2. The first-order valence-electron chi connectivity index (χ1n) is 14.5. The first-order valence-corrected chi connectivity index (χ1v) is 14.5. The number of amides is 1. The molecule has 2 saturated heterocycles. The Bertz CT molecular complexity index is 1140. The number of halogens is 2. The molecule has 1 aromatic heterocycles. The molecule has 1 aromatic carbocycles. The third kappa shape index (κ3) is 4.39. The van der Waals surface area contributed by atoms with Gasteiger partial charge in [-0.25, -0.2) is 13.8 Å². The Hall–Kier alpha value is -2.34. The minimum Gasteiger partial charge on any atom is -0.339 e. The number of hydrogen-bond donors (Lipinski definition) is 1. The number of piperidine rings is 1. The van der Waals surface area contributed by atoms with Gasteiger partial charge in [-0.1, -0.05) is 25.3 Å². The number of rotatable bonds is 3. The lowest BCUT2D eigenvalue weighted by Gasteiger charge is -2.47. The molecule has 37 heavy (non-hydrogen) atoms. The highest BCUT2D eigenvalue weighted by molar-refractivity contribution is 5.82. The van der Waals surface area contributed by atoms with Crippen molar-refractivity contribution in [2.45, 2.75) is 88.5 Å². The summed E-state index contributed by atoms with van der Waals surface area (Å²) in [5.74, 6) is -0.513. The molecule has 2 N–H and O–H groups in total. The number of benzene rings is 1. The van der Waals surface area contributed by atoms with Crippen molar-refractivity contribution in [2.75, 3.05) is 19.6 Å². The zero-order chi connectivity index (χ0) is 25.6. The van der Waals surface area contributed by atoms with Crippen LogP contribution in [-0.2, 0) is 16.6 Å². The molecule has 4 nitrogen and oxygen atoms in total. The summed E-state index contributed by atoms with van der Waals surface area (Å²) in [7, 11) is 0. The van der Waals surface area contributed by atoms with Gasteiger partial charge in [-0.3, -0.25) is 4.79 Å². The third-order valence-corrected chi connectivity index (χ3v) is 10.0. The molecule has 1 amide bonds. The van der Waals surface area contributed by atoms with Crippen LogP contribution in [0.5, 0.6) is 0 Å². The second-order valence-electron chi connectivity index (χ2n) is 12.1. The van der Waals surface area contributed by atoms with Crippen LogP contribution < -0.4 is 10.3 Å². The summed E-state index contributed by atoms with van der Waals surface area (Å²) in [6.45, 7) is 4.20. The fraction of sp³-hybridized carbons (Fsp3) is 0.613. The summed E-state index contributed by atoms with van der Waals surface area (Å²) in [4.78, 5) is 20.3. The Morgan fingerprint density at radius 2 is 1.84 bits per heavy atom. The molecular formula is C31H40F2N3O+. The van der Waals surface area contributed by atoms with Crippen LogP contribution in [0.1, 0.15) is 86.2 Å². The summed E-state index contributed by atoms with van der Waals surface area (Å²) < 4.78 is 29.6. The molecular weight excluding hydrogens is 468 g/mol. The van der Waals surface area contributed by atoms with Crippen molar-refractivity contribution in [3.8, 4) is 0 Å². The molecule has 6 heteroatoms. The monoisotopic (exact) mass is 508 g/mol. The quantitative estimate of drug-likeness (QED) is 0.617. The van der Waals surface area contributed by atoms with Gasteiger partial charge in [0.25, 0.3) is 0 Å². The van der Waals surface area contributed by atoms with Crippen LogP contribution in [-0.4, -0.2) is 36.5 Å². The van der Waals surface area contributed by atoms with Crippen molar-refractivity contribution >= 4 is 5.91 Å². The van der Waals surface area contributed by atoms with Gasteiger partial charge >= 0.3 is 0 Å². The Morgan fingerprint density at radius 3 is 2.62 bits per heavy atom. The van der Waals surface area contributed by atoms with Crippen molar-refractivity contribution in [2.24, 2.45) is 11.8 Å². The van der Waals surface area contributed by atoms with Crippen LogP contribution >= 0.6 is 0 Å². The van der Waals surface area contributed by atoms with E-state index in [-0.39, 0.29) is 34.8 Å². The second-order valence-corrected chi connectivity index (χ2v) is 12.1. The number of pyridine rings is 1. The van der Waals surface area contributed by atoms with Gasteiger partial charge in [0.1, 0.15) is 11.6 Å². The first-order chi connectivity index (χ1) is 18.0. The van der Waals surface area contributed by atoms with Gasteiger partial charge in [0.05, 0.1) is 5.92 Å². The minimum atomic E-state index is -0.448. The van der Waals surface area contributed by atoms with Crippen molar-refractivity contribution in [3.63, 3.8) is 0 Å². The minimum absolute atomic E-state index is 0.0517. The number of aromatic nitrogens is 1. The highest BCUT2D eigenvalue weighted by atomic mass is 19.1. The SMILES string of the molecule is Cc1ccc2c([nH+]1)CCC[C@]21CNC[C@H]1C(=O)N1CC[C@@H](c2c(F)cccc2F)C[C@H]1C1CCCCC1. The van der Waals surface area contributed by atoms with E-state index in [1.807, 2.05) is 0 Å². The lowest BCUT2D eigenvalue weighted by molar-refractivity contribution is -0.401. The van der Waals surface area contributed by atoms with Crippen LogP contribution in [0.25, 0.3) is 0 Å². The lowest BCUT2D eigenvalue weighted by atomic mass is 9.64. The molecule has 2 aliphatic carbocycles. The number of hydrogen-bond acceptors (Lipinski definition) is 2. The van der Waals surface area contributed by atoms with Crippen LogP contribution in [0.4, 0.5) is 8.78 Å². The van der Waals surface area contributed by atoms with Gasteiger partial charge in [-0.2, -0.15) is 0 Å². The van der Waals surface area contributed by atoms with Gasteiger partial charge in [-0.15, -0.1) is 0 Å². The number of nitrogens with zero attached hydrogens (tertiary/aromatic N) is 1. The Labute approximate surface area is 219 Å². The maximum atomic E-state index is 14.8. The van der Waals surface area contributed by atoms with E-state index >= 15 is 0 Å². The summed E-state index contributed by atoms with van der Waals surface area (Å²) in [5.41, 5.74) is 3.79. The second kappa shape index (κ2) is 10.1. The fourth-order valence-electron chi connectivity index (χ4n) is 8.26. The van der Waals surface area contributed by atoms with Crippen molar-refractivity contribution in [1.29, 1.82) is 0 Å². The van der Waals surface area contributed by atoms with E-state index < -0.39 is 11.6 Å². The average Bonchev–Trinajstić information content (AvgIpc) is 3.32. The van der Waals surface area contributed by atoms with Gasteiger partial charge in [0, 0.05) is 61.6 Å². The largest absolute Gasteiger partial charge is 0.339 e. The van der Waals surface area contributed by atoms with E-state index in [9.17, 15) is 13.6 Å². The molecule has 3 heterocycles. The molecule has 6 rings (SSSR count). The molecule has 0 bridgehead atoms. The summed E-state index contributed by atoms with van der Waals surface area (Å²) >= 11 is 0. The Balaban J connectivity index is 1.32. The first kappa shape index (κ1) is 25.0. The highest BCUT2D eigenvalue weighted by Gasteiger charge is 2.53. The van der Waals surface area contributed by atoms with Crippen molar-refractivity contribution in [3.05, 3.63) is 64.5 Å². The summed E-state index contributed by atoms with van der Waals surface area (Å²) in [6, 6.07) is 8.64. The number of likely N-dealkylation sites (tertiary alicyclic amines) is 1. The number of nitrogens with one attached hydrogen (secondary N) is 2. The average molecular weight is 509 g/mol. The zero-order valence-corrected chi connectivity index (χ0v) is 22.0. The predicted octanol–water partition coefficient (Wildman–Crippen LogP) is 5.24. The number of carbonyl (C=O) groups is 1. The number of aromatic amines is 1. The van der Waals surface area contributed by atoms with Gasteiger partial charge < -0.3 is 10.2 Å². The lowest BCUT2D eigenvalue weighted by Crippen LogP contribution is -2.55. The molecule has 4 atom stereocenters. The predicted molar refractivity (Wildman–Crippen MR) is 139 cm³/mol. The van der Waals surface area contributed by atoms with Crippen LogP contribution in [0.3, 0.4) is 0 Å². The van der Waals surface area contributed by atoms with E-state index in [1.165, 1.54) is 48.7 Å². The molecule has 1 spiro atoms. The van der Waals surface area contributed by atoms with E-state index in [0.717, 1.165) is 44.3 Å². The van der Waals surface area contributed by atoms with Gasteiger partial charge in [0.2, 0.25) is 5.91 Å².